The number of ether oxygens (including phenoxy) is 2. The highest BCUT2D eigenvalue weighted by Gasteiger charge is 2.34. The lowest BCUT2D eigenvalue weighted by atomic mass is 10.1. The molecule has 0 radical (unpaired) electrons. The summed E-state index contributed by atoms with van der Waals surface area (Å²) in [5, 5.41) is 6.28. The molecule has 1 fully saturated rings. The third-order valence-electron chi connectivity index (χ3n) is 6.77. The first-order chi connectivity index (χ1) is 19.3. The molecule has 0 unspecified atom stereocenters. The third kappa shape index (κ3) is 5.19. The zero-order valence-corrected chi connectivity index (χ0v) is 21.9. The zero-order valence-electron chi connectivity index (χ0n) is 21.9. The van der Waals surface area contributed by atoms with Gasteiger partial charge in [0.05, 0.1) is 29.9 Å². The van der Waals surface area contributed by atoms with Crippen LogP contribution < -0.4 is 15.4 Å². The van der Waals surface area contributed by atoms with Crippen LogP contribution in [0.5, 0.6) is 5.88 Å². The SMILES string of the molecule is CNCc1ccc(Nc2nc(OC3CCOCC3)c3c(-c4ccc5nc(C)oc5c4)c[nH]c3n2)c(C(F)(F)F)c1. The molecule has 3 N–H and O–H groups in total. The lowest BCUT2D eigenvalue weighted by Crippen LogP contribution is -2.26. The minimum Gasteiger partial charge on any atom is -0.474 e. The van der Waals surface area contributed by atoms with Crippen LogP contribution in [-0.2, 0) is 17.5 Å². The van der Waals surface area contributed by atoms with Gasteiger partial charge < -0.3 is 29.5 Å². The van der Waals surface area contributed by atoms with Gasteiger partial charge in [-0.1, -0.05) is 12.1 Å². The van der Waals surface area contributed by atoms with Crippen LogP contribution in [-0.4, -0.2) is 46.3 Å². The maximum absolute atomic E-state index is 14.0. The number of alkyl halides is 3. The molecule has 0 spiro atoms. The molecule has 6 rings (SSSR count). The molecule has 0 amide bonds. The average molecular weight is 553 g/mol. The van der Waals surface area contributed by atoms with Crippen molar-refractivity contribution in [2.45, 2.75) is 38.6 Å². The van der Waals surface area contributed by atoms with Crippen molar-refractivity contribution >= 4 is 33.8 Å². The normalized spacial score (nSPS) is 14.7. The summed E-state index contributed by atoms with van der Waals surface area (Å²) < 4.78 is 59.4. The molecule has 1 aliphatic rings. The van der Waals surface area contributed by atoms with Crippen molar-refractivity contribution in [3.05, 3.63) is 59.6 Å². The average Bonchev–Trinajstić information content (AvgIpc) is 3.52. The van der Waals surface area contributed by atoms with E-state index in [0.717, 1.165) is 22.7 Å². The fourth-order valence-corrected chi connectivity index (χ4v) is 4.90. The van der Waals surface area contributed by atoms with Crippen LogP contribution in [0.15, 0.2) is 47.0 Å². The second-order valence-electron chi connectivity index (χ2n) is 9.66. The van der Waals surface area contributed by atoms with Gasteiger partial charge in [-0.2, -0.15) is 23.1 Å². The number of hydrogen-bond acceptors (Lipinski definition) is 8. The number of nitrogens with one attached hydrogen (secondary N) is 3. The van der Waals surface area contributed by atoms with E-state index in [1.807, 2.05) is 18.2 Å². The molecule has 0 aliphatic carbocycles. The Morgan fingerprint density at radius 3 is 2.67 bits per heavy atom. The van der Waals surface area contributed by atoms with Crippen LogP contribution in [0.25, 0.3) is 33.3 Å². The lowest BCUT2D eigenvalue weighted by Gasteiger charge is -2.23. The first kappa shape index (κ1) is 26.1. The maximum Gasteiger partial charge on any atom is 0.418 e. The summed E-state index contributed by atoms with van der Waals surface area (Å²) in [5.74, 6) is 0.812. The van der Waals surface area contributed by atoms with E-state index in [0.29, 0.717) is 60.7 Å². The fraction of sp³-hybridized carbons (Fsp3) is 0.321. The molecule has 2 aromatic carbocycles. The Kier molecular flexibility index (Phi) is 6.80. The summed E-state index contributed by atoms with van der Waals surface area (Å²) in [6, 6.07) is 9.79. The van der Waals surface area contributed by atoms with Crippen LogP contribution in [0.1, 0.15) is 29.9 Å². The molecule has 40 heavy (non-hydrogen) atoms. The van der Waals surface area contributed by atoms with Gasteiger partial charge in [0.25, 0.3) is 0 Å². The van der Waals surface area contributed by atoms with Gasteiger partial charge >= 0.3 is 6.18 Å². The highest BCUT2D eigenvalue weighted by atomic mass is 19.4. The number of aromatic amines is 1. The van der Waals surface area contributed by atoms with E-state index >= 15 is 0 Å². The summed E-state index contributed by atoms with van der Waals surface area (Å²) in [7, 11) is 1.68. The molecule has 1 saturated heterocycles. The van der Waals surface area contributed by atoms with Crippen molar-refractivity contribution in [3.63, 3.8) is 0 Å². The van der Waals surface area contributed by atoms with Crippen LogP contribution in [0, 0.1) is 6.92 Å². The Labute approximate surface area is 227 Å². The molecule has 1 aliphatic heterocycles. The number of nitrogens with zero attached hydrogens (tertiary/aromatic N) is 3. The van der Waals surface area contributed by atoms with Gasteiger partial charge in [-0.15, -0.1) is 0 Å². The zero-order chi connectivity index (χ0) is 27.9. The topological polar surface area (TPSA) is 110 Å². The second-order valence-corrected chi connectivity index (χ2v) is 9.66. The van der Waals surface area contributed by atoms with Crippen molar-refractivity contribution in [2.24, 2.45) is 0 Å². The number of oxazole rings is 1. The van der Waals surface area contributed by atoms with E-state index in [2.05, 4.69) is 30.6 Å². The lowest BCUT2D eigenvalue weighted by molar-refractivity contribution is -0.137. The molecular weight excluding hydrogens is 525 g/mol. The molecule has 3 aromatic heterocycles. The van der Waals surface area contributed by atoms with Crippen LogP contribution in [0.2, 0.25) is 0 Å². The van der Waals surface area contributed by atoms with E-state index in [1.165, 1.54) is 6.07 Å². The van der Waals surface area contributed by atoms with Crippen LogP contribution in [0.3, 0.4) is 0 Å². The molecule has 9 nitrogen and oxygen atoms in total. The highest BCUT2D eigenvalue weighted by Crippen LogP contribution is 2.39. The van der Waals surface area contributed by atoms with E-state index < -0.39 is 11.7 Å². The molecule has 208 valence electrons. The summed E-state index contributed by atoms with van der Waals surface area (Å²) in [5.41, 5.74) is 2.94. The summed E-state index contributed by atoms with van der Waals surface area (Å²) >= 11 is 0. The Bertz CT molecular complexity index is 1670. The monoisotopic (exact) mass is 552 g/mol. The quantitative estimate of drug-likeness (QED) is 0.222. The van der Waals surface area contributed by atoms with Crippen molar-refractivity contribution in [1.29, 1.82) is 0 Å². The number of rotatable bonds is 7. The van der Waals surface area contributed by atoms with Crippen LogP contribution in [0.4, 0.5) is 24.8 Å². The van der Waals surface area contributed by atoms with E-state index in [-0.39, 0.29) is 23.6 Å². The number of aryl methyl sites for hydroxylation is 1. The molecule has 5 aromatic rings. The molecule has 12 heteroatoms. The van der Waals surface area contributed by atoms with Gasteiger partial charge in [-0.25, -0.2) is 4.98 Å². The van der Waals surface area contributed by atoms with Gasteiger partial charge in [-0.3, -0.25) is 0 Å². The minimum atomic E-state index is -4.57. The number of H-pyrrole nitrogens is 1. The smallest absolute Gasteiger partial charge is 0.418 e. The predicted molar refractivity (Wildman–Crippen MR) is 144 cm³/mol. The molecule has 0 bridgehead atoms. The van der Waals surface area contributed by atoms with E-state index in [9.17, 15) is 13.2 Å². The number of aromatic nitrogens is 4. The fourth-order valence-electron chi connectivity index (χ4n) is 4.90. The van der Waals surface area contributed by atoms with E-state index in [1.54, 1.807) is 26.2 Å². The second kappa shape index (κ2) is 10.4. The van der Waals surface area contributed by atoms with Gasteiger partial charge in [-0.05, 0) is 42.4 Å². The number of anilines is 2. The number of halogens is 3. The maximum atomic E-state index is 14.0. The standard InChI is InChI=1S/C28H27F3N6O3/c1-15-34-22-6-4-17(12-23(22)39-15)19-14-33-25-24(19)26(40-18-7-9-38-10-8-18)37-27(36-25)35-21-5-3-16(13-32-2)11-20(21)28(29,30)31/h3-6,11-12,14,18,32H,7-10,13H2,1-2H3,(H2,33,35,36,37). The third-order valence-corrected chi connectivity index (χ3v) is 6.77. The van der Waals surface area contributed by atoms with E-state index in [4.69, 9.17) is 13.9 Å². The van der Waals surface area contributed by atoms with Crippen LogP contribution >= 0.6 is 0 Å². The Balaban J connectivity index is 1.44. The number of benzene rings is 2. The molecular formula is C28H27F3N6O3. The van der Waals surface area contributed by atoms with Crippen molar-refractivity contribution < 1.29 is 27.1 Å². The van der Waals surface area contributed by atoms with Gasteiger partial charge in [0.2, 0.25) is 11.8 Å². The first-order valence-electron chi connectivity index (χ1n) is 12.9. The first-order valence-corrected chi connectivity index (χ1v) is 12.9. The summed E-state index contributed by atoms with van der Waals surface area (Å²) in [6.07, 6.45) is -1.62. The van der Waals surface area contributed by atoms with Crippen molar-refractivity contribution in [1.82, 2.24) is 25.3 Å². The van der Waals surface area contributed by atoms with Gasteiger partial charge in [0.1, 0.15) is 17.3 Å². The molecule has 0 saturated carbocycles. The number of fused-ring (bicyclic) bond motifs is 2. The summed E-state index contributed by atoms with van der Waals surface area (Å²) in [4.78, 5) is 16.6. The minimum absolute atomic E-state index is 0.0175. The molecule has 0 atom stereocenters. The van der Waals surface area contributed by atoms with Crippen molar-refractivity contribution in [3.8, 4) is 17.0 Å². The summed E-state index contributed by atoms with van der Waals surface area (Å²) in [6.45, 7) is 3.20. The van der Waals surface area contributed by atoms with Gasteiger partial charge in [0.15, 0.2) is 11.5 Å². The predicted octanol–water partition coefficient (Wildman–Crippen LogP) is 6.11. The largest absolute Gasteiger partial charge is 0.474 e. The highest BCUT2D eigenvalue weighted by molar-refractivity contribution is 5.99. The van der Waals surface area contributed by atoms with Gasteiger partial charge in [0, 0.05) is 38.1 Å². The number of hydrogen-bond donors (Lipinski definition) is 3. The molecule has 4 heterocycles. The Hall–Kier alpha value is -4.16. The van der Waals surface area contributed by atoms with Crippen molar-refractivity contribution in [2.75, 3.05) is 25.6 Å². The Morgan fingerprint density at radius 1 is 1.07 bits per heavy atom. The Morgan fingerprint density at radius 2 is 1.90 bits per heavy atom.